The summed E-state index contributed by atoms with van der Waals surface area (Å²) in [4.78, 5) is 26.8. The van der Waals surface area contributed by atoms with Crippen molar-refractivity contribution in [2.75, 3.05) is 12.4 Å². The van der Waals surface area contributed by atoms with Crippen LogP contribution in [0.25, 0.3) is 5.69 Å². The Balaban J connectivity index is 1.61. The number of carbonyl (C=O) groups excluding carboxylic acids is 1. The Morgan fingerprint density at radius 3 is 2.66 bits per heavy atom. The van der Waals surface area contributed by atoms with Gasteiger partial charge in [-0.3, -0.25) is 9.59 Å². The zero-order valence-corrected chi connectivity index (χ0v) is 20.3. The van der Waals surface area contributed by atoms with E-state index in [2.05, 4.69) is 5.32 Å². The topological polar surface area (TPSA) is 74.5 Å². The third kappa shape index (κ3) is 4.08. The number of carbonyl (C=O) groups is 1. The number of hydrogen-bond acceptors (Lipinski definition) is 4. The number of nitrogens with one attached hydrogen (secondary N) is 1. The quantitative estimate of drug-likeness (QED) is 0.366. The van der Waals surface area contributed by atoms with Crippen molar-refractivity contribution in [1.82, 2.24) is 9.36 Å². The molecule has 2 heterocycles. The lowest BCUT2D eigenvalue weighted by Gasteiger charge is -2.21. The highest BCUT2D eigenvalue weighted by Crippen LogP contribution is 2.42. The maximum absolute atomic E-state index is 13.7. The van der Waals surface area contributed by atoms with E-state index in [0.717, 1.165) is 16.7 Å². The van der Waals surface area contributed by atoms with Gasteiger partial charge < -0.3 is 14.8 Å². The number of para-hydroxylation sites is 2. The van der Waals surface area contributed by atoms with Gasteiger partial charge in [-0.2, -0.15) is 0 Å². The van der Waals surface area contributed by atoms with Gasteiger partial charge in [0, 0.05) is 12.0 Å². The molecule has 3 aromatic carbocycles. The smallest absolute Gasteiger partial charge is 0.278 e. The second-order valence-corrected chi connectivity index (χ2v) is 8.91. The van der Waals surface area contributed by atoms with Gasteiger partial charge in [0.05, 0.1) is 29.1 Å². The van der Waals surface area contributed by atoms with Crippen LogP contribution in [0.4, 0.5) is 5.69 Å². The Kier molecular flexibility index (Phi) is 5.86. The second-order valence-electron chi connectivity index (χ2n) is 8.50. The SMILES string of the molecule is COc1cccc2c1Oc1c(c(=O)n(-c3ccccc3C)n1CC(=O)Nc1ccc(C)cc1Cl)C2. The van der Waals surface area contributed by atoms with E-state index in [-0.39, 0.29) is 18.0 Å². The number of amides is 1. The molecule has 0 saturated heterocycles. The molecule has 1 amide bonds. The number of anilines is 1. The number of ether oxygens (including phenoxy) is 2. The summed E-state index contributed by atoms with van der Waals surface area (Å²) in [7, 11) is 1.57. The van der Waals surface area contributed by atoms with Crippen LogP contribution in [0.1, 0.15) is 22.3 Å². The zero-order chi connectivity index (χ0) is 24.7. The van der Waals surface area contributed by atoms with E-state index >= 15 is 0 Å². The van der Waals surface area contributed by atoms with E-state index in [0.29, 0.717) is 45.8 Å². The van der Waals surface area contributed by atoms with Crippen molar-refractivity contribution in [2.45, 2.75) is 26.8 Å². The summed E-state index contributed by atoms with van der Waals surface area (Å²) in [5, 5.41) is 3.29. The summed E-state index contributed by atoms with van der Waals surface area (Å²) in [5.41, 5.74) is 4.15. The number of benzene rings is 3. The van der Waals surface area contributed by atoms with Crippen molar-refractivity contribution >= 4 is 23.2 Å². The molecular weight excluding hydrogens is 466 g/mol. The number of methoxy groups -OCH3 is 1. The van der Waals surface area contributed by atoms with Gasteiger partial charge in [-0.25, -0.2) is 9.36 Å². The Bertz CT molecular complexity index is 1520. The molecule has 0 spiro atoms. The molecule has 178 valence electrons. The van der Waals surface area contributed by atoms with Gasteiger partial charge >= 0.3 is 0 Å². The predicted molar refractivity (Wildman–Crippen MR) is 135 cm³/mol. The first kappa shape index (κ1) is 22.8. The summed E-state index contributed by atoms with van der Waals surface area (Å²) in [6, 6.07) is 18.5. The maximum Gasteiger partial charge on any atom is 0.278 e. The maximum atomic E-state index is 13.7. The van der Waals surface area contributed by atoms with E-state index in [9.17, 15) is 9.59 Å². The van der Waals surface area contributed by atoms with Crippen LogP contribution < -0.4 is 20.3 Å². The lowest BCUT2D eigenvalue weighted by molar-refractivity contribution is -0.117. The van der Waals surface area contributed by atoms with Crippen LogP contribution in [0, 0.1) is 13.8 Å². The third-order valence-electron chi connectivity index (χ3n) is 6.07. The van der Waals surface area contributed by atoms with Gasteiger partial charge in [0.25, 0.3) is 5.56 Å². The normalized spacial score (nSPS) is 11.9. The van der Waals surface area contributed by atoms with Crippen LogP contribution in [-0.2, 0) is 17.8 Å². The fraction of sp³-hybridized carbons (Fsp3) is 0.185. The Labute approximate surface area is 207 Å². The van der Waals surface area contributed by atoms with Gasteiger partial charge in [0.15, 0.2) is 11.5 Å². The average Bonchev–Trinajstić information content (AvgIpc) is 3.10. The molecule has 1 aliphatic heterocycles. The van der Waals surface area contributed by atoms with Crippen LogP contribution in [-0.4, -0.2) is 22.4 Å². The molecule has 0 unspecified atom stereocenters. The summed E-state index contributed by atoms with van der Waals surface area (Å²) < 4.78 is 14.8. The minimum absolute atomic E-state index is 0.159. The predicted octanol–water partition coefficient (Wildman–Crippen LogP) is 5.25. The van der Waals surface area contributed by atoms with Gasteiger partial charge in [0.1, 0.15) is 6.54 Å². The highest BCUT2D eigenvalue weighted by molar-refractivity contribution is 6.33. The van der Waals surface area contributed by atoms with Crippen molar-refractivity contribution in [3.05, 3.63) is 98.3 Å². The molecule has 35 heavy (non-hydrogen) atoms. The summed E-state index contributed by atoms with van der Waals surface area (Å²) >= 11 is 6.32. The number of fused-ring (bicyclic) bond motifs is 2. The first-order valence-electron chi connectivity index (χ1n) is 11.2. The van der Waals surface area contributed by atoms with Crippen molar-refractivity contribution in [3.63, 3.8) is 0 Å². The van der Waals surface area contributed by atoms with Gasteiger partial charge in [-0.05, 0) is 49.2 Å². The summed E-state index contributed by atoms with van der Waals surface area (Å²) in [6.07, 6.45) is 0.366. The molecule has 7 nitrogen and oxygen atoms in total. The Morgan fingerprint density at radius 2 is 1.91 bits per heavy atom. The van der Waals surface area contributed by atoms with Crippen LogP contribution in [0.15, 0.2) is 65.5 Å². The summed E-state index contributed by atoms with van der Waals surface area (Å²) in [5.74, 6) is 1.08. The molecule has 0 radical (unpaired) electrons. The van der Waals surface area contributed by atoms with Crippen molar-refractivity contribution in [3.8, 4) is 23.1 Å². The number of halogens is 1. The fourth-order valence-corrected chi connectivity index (χ4v) is 4.62. The highest BCUT2D eigenvalue weighted by Gasteiger charge is 2.31. The molecule has 5 rings (SSSR count). The first-order chi connectivity index (χ1) is 16.9. The van der Waals surface area contributed by atoms with E-state index in [4.69, 9.17) is 21.1 Å². The van der Waals surface area contributed by atoms with E-state index in [1.807, 2.05) is 56.3 Å². The van der Waals surface area contributed by atoms with Crippen LogP contribution >= 0.6 is 11.6 Å². The molecule has 4 aromatic rings. The molecule has 0 aliphatic carbocycles. The minimum atomic E-state index is -0.342. The van der Waals surface area contributed by atoms with Gasteiger partial charge in [-0.15, -0.1) is 0 Å². The molecule has 0 fully saturated rings. The van der Waals surface area contributed by atoms with E-state index in [1.54, 1.807) is 30.0 Å². The monoisotopic (exact) mass is 489 g/mol. The Morgan fingerprint density at radius 1 is 1.11 bits per heavy atom. The molecule has 0 atom stereocenters. The molecule has 8 heteroatoms. The molecule has 1 N–H and O–H groups in total. The largest absolute Gasteiger partial charge is 0.493 e. The second kappa shape index (κ2) is 9.00. The standard InChI is InChI=1S/C27H24ClN3O4/c1-16-11-12-21(20(28)13-16)29-24(32)15-30-27-19(14-18-8-6-10-23(34-3)25(18)35-27)26(33)31(30)22-9-5-4-7-17(22)2/h4-13H,14-15H2,1-3H3,(H,29,32). The van der Waals surface area contributed by atoms with Crippen LogP contribution in [0.5, 0.6) is 17.4 Å². The van der Waals surface area contributed by atoms with Crippen LogP contribution in [0.2, 0.25) is 5.02 Å². The van der Waals surface area contributed by atoms with Gasteiger partial charge in [-0.1, -0.05) is 48.0 Å². The number of nitrogens with zero attached hydrogens (tertiary/aromatic N) is 2. The number of hydrogen-bond donors (Lipinski definition) is 1. The number of aromatic nitrogens is 2. The lowest BCUT2D eigenvalue weighted by atomic mass is 10.0. The van der Waals surface area contributed by atoms with E-state index < -0.39 is 0 Å². The van der Waals surface area contributed by atoms with Crippen LogP contribution in [0.3, 0.4) is 0 Å². The molecular formula is C27H24ClN3O4. The first-order valence-corrected chi connectivity index (χ1v) is 11.6. The highest BCUT2D eigenvalue weighted by atomic mass is 35.5. The average molecular weight is 490 g/mol. The van der Waals surface area contributed by atoms with Crippen molar-refractivity contribution < 1.29 is 14.3 Å². The summed E-state index contributed by atoms with van der Waals surface area (Å²) in [6.45, 7) is 3.68. The molecule has 0 bridgehead atoms. The molecule has 1 aromatic heterocycles. The van der Waals surface area contributed by atoms with Gasteiger partial charge in [0.2, 0.25) is 11.8 Å². The van der Waals surface area contributed by atoms with Crippen molar-refractivity contribution in [1.29, 1.82) is 0 Å². The minimum Gasteiger partial charge on any atom is -0.493 e. The Hall–Kier alpha value is -3.97. The lowest BCUT2D eigenvalue weighted by Crippen LogP contribution is -2.28. The van der Waals surface area contributed by atoms with E-state index in [1.165, 1.54) is 4.68 Å². The van der Waals surface area contributed by atoms with Crippen molar-refractivity contribution in [2.24, 2.45) is 0 Å². The third-order valence-corrected chi connectivity index (χ3v) is 6.38. The molecule has 0 saturated carbocycles. The fourth-order valence-electron chi connectivity index (χ4n) is 4.34. The zero-order valence-electron chi connectivity index (χ0n) is 19.6. The number of rotatable bonds is 5. The molecule has 1 aliphatic rings. The number of aryl methyl sites for hydroxylation is 2.